The van der Waals surface area contributed by atoms with Crippen LogP contribution < -0.4 is 0 Å². The topological polar surface area (TPSA) is 108 Å². The molecular formula is C60H101NO8P+. The zero-order chi connectivity index (χ0) is 51.3. The standard InChI is InChI=1S/C60H100NO8P/c1-6-8-10-12-14-16-18-20-22-23-24-25-26-27-28-29-30-31-32-33-34-35-36-37-39-41-43-45-47-49-51-53-60(63)69-58(57-68-70(64,65)67-55-54-61(3,4)5)56-66-59(62)52-50-48-46-44-42-40-38-21-19-17-15-13-11-9-7-2/h8-11,14-17,20-22,24-25,27-28,30-31,33-34,38,58H,6-7,12-13,18-19,23,26,29,32,35-37,39-57H2,1-5H3/p+1/b10-8-,11-9-,16-14-,17-15-,22-20-,25-24-,28-27-,31-30-,34-33-,38-21-. The van der Waals surface area contributed by atoms with Crippen LogP contribution >= 0.6 is 7.82 Å². The average molecular weight is 995 g/mol. The molecule has 0 rings (SSSR count). The predicted octanol–water partition coefficient (Wildman–Crippen LogP) is 16.8. The van der Waals surface area contributed by atoms with E-state index in [1.807, 2.05) is 21.1 Å². The highest BCUT2D eigenvalue weighted by Crippen LogP contribution is 2.43. The van der Waals surface area contributed by atoms with Crippen LogP contribution in [0.5, 0.6) is 0 Å². The van der Waals surface area contributed by atoms with Gasteiger partial charge in [0.2, 0.25) is 0 Å². The van der Waals surface area contributed by atoms with Crippen molar-refractivity contribution in [2.45, 2.75) is 200 Å². The first-order chi connectivity index (χ1) is 34.0. The van der Waals surface area contributed by atoms with E-state index in [2.05, 4.69) is 135 Å². The second kappa shape index (κ2) is 50.4. The van der Waals surface area contributed by atoms with Gasteiger partial charge in [0.25, 0.3) is 0 Å². The van der Waals surface area contributed by atoms with Crippen molar-refractivity contribution in [3.63, 3.8) is 0 Å². The molecule has 0 heterocycles. The van der Waals surface area contributed by atoms with E-state index < -0.39 is 32.5 Å². The highest BCUT2D eigenvalue weighted by molar-refractivity contribution is 7.47. The van der Waals surface area contributed by atoms with Crippen molar-refractivity contribution in [2.24, 2.45) is 0 Å². The molecule has 9 nitrogen and oxygen atoms in total. The van der Waals surface area contributed by atoms with E-state index in [9.17, 15) is 19.0 Å². The molecule has 0 aliphatic heterocycles. The summed E-state index contributed by atoms with van der Waals surface area (Å²) in [4.78, 5) is 35.6. The third-order valence-electron chi connectivity index (χ3n) is 11.0. The molecule has 0 aromatic rings. The summed E-state index contributed by atoms with van der Waals surface area (Å²) in [6, 6.07) is 0. The Morgan fingerprint density at radius 3 is 1.14 bits per heavy atom. The number of nitrogens with zero attached hydrogens (tertiary/aromatic N) is 1. The monoisotopic (exact) mass is 995 g/mol. The molecule has 1 N–H and O–H groups in total. The number of allylic oxidation sites excluding steroid dienone is 20. The number of phosphoric ester groups is 1. The van der Waals surface area contributed by atoms with Crippen LogP contribution in [0.3, 0.4) is 0 Å². The number of hydrogen-bond acceptors (Lipinski definition) is 7. The van der Waals surface area contributed by atoms with Crippen molar-refractivity contribution in [1.29, 1.82) is 0 Å². The van der Waals surface area contributed by atoms with Crippen molar-refractivity contribution >= 4 is 19.8 Å². The van der Waals surface area contributed by atoms with Crippen LogP contribution in [0.25, 0.3) is 0 Å². The summed E-state index contributed by atoms with van der Waals surface area (Å²) in [5.74, 6) is -0.834. The largest absolute Gasteiger partial charge is 0.472 e. The van der Waals surface area contributed by atoms with Crippen LogP contribution in [0.4, 0.5) is 0 Å². The summed E-state index contributed by atoms with van der Waals surface area (Å²) in [7, 11) is 1.44. The normalized spacial score (nSPS) is 14.3. The SMILES string of the molecule is CC/C=C\C/C=C\C/C=C\C/C=C\C/C=C\C/C=C\C/C=C\CCCCCCCCCCCC(=O)OC(COC(=O)CCCCCCC/C=C\C/C=C\C/C=C\CC)COP(=O)(O)OCC[N+](C)(C)C. The highest BCUT2D eigenvalue weighted by Gasteiger charge is 2.27. The van der Waals surface area contributed by atoms with Gasteiger partial charge >= 0.3 is 19.8 Å². The lowest BCUT2D eigenvalue weighted by molar-refractivity contribution is -0.870. The Bertz CT molecular complexity index is 1590. The van der Waals surface area contributed by atoms with Crippen molar-refractivity contribution in [3.05, 3.63) is 122 Å². The van der Waals surface area contributed by atoms with E-state index in [0.717, 1.165) is 122 Å². The number of rotatable bonds is 48. The average Bonchev–Trinajstić information content (AvgIpc) is 3.32. The molecule has 0 spiro atoms. The zero-order valence-corrected chi connectivity index (χ0v) is 45.8. The molecule has 0 radical (unpaired) electrons. The van der Waals surface area contributed by atoms with Gasteiger partial charge in [-0.05, 0) is 103 Å². The number of carbonyl (C=O) groups is 2. The first-order valence-electron chi connectivity index (χ1n) is 27.3. The van der Waals surface area contributed by atoms with E-state index in [4.69, 9.17) is 18.5 Å². The third kappa shape index (κ3) is 53.8. The van der Waals surface area contributed by atoms with E-state index in [0.29, 0.717) is 23.9 Å². The van der Waals surface area contributed by atoms with E-state index in [1.54, 1.807) is 0 Å². The first kappa shape index (κ1) is 66.4. The van der Waals surface area contributed by atoms with Crippen LogP contribution in [0, 0.1) is 0 Å². The Hall–Kier alpha value is -3.59. The number of hydrogen-bond donors (Lipinski definition) is 1. The molecule has 0 amide bonds. The maximum atomic E-state index is 12.8. The molecule has 398 valence electrons. The second-order valence-electron chi connectivity index (χ2n) is 18.8. The summed E-state index contributed by atoms with van der Waals surface area (Å²) in [6.07, 6.45) is 71.2. The lowest BCUT2D eigenvalue weighted by atomic mass is 10.1. The summed E-state index contributed by atoms with van der Waals surface area (Å²) < 4.78 is 34.5. The van der Waals surface area contributed by atoms with Gasteiger partial charge in [0, 0.05) is 12.8 Å². The smallest absolute Gasteiger partial charge is 0.462 e. The van der Waals surface area contributed by atoms with Gasteiger partial charge < -0.3 is 18.9 Å². The van der Waals surface area contributed by atoms with Crippen LogP contribution in [-0.4, -0.2) is 74.9 Å². The van der Waals surface area contributed by atoms with Gasteiger partial charge in [-0.3, -0.25) is 18.6 Å². The number of carbonyl (C=O) groups excluding carboxylic acids is 2. The van der Waals surface area contributed by atoms with E-state index in [1.165, 1.54) is 32.1 Å². The van der Waals surface area contributed by atoms with Crippen molar-refractivity contribution < 1.29 is 42.1 Å². The van der Waals surface area contributed by atoms with E-state index in [-0.39, 0.29) is 26.1 Å². The molecule has 0 bridgehead atoms. The minimum absolute atomic E-state index is 0.0207. The molecule has 0 fully saturated rings. The fourth-order valence-corrected chi connectivity index (χ4v) is 7.57. The molecular weight excluding hydrogens is 894 g/mol. The summed E-state index contributed by atoms with van der Waals surface area (Å²) in [5, 5.41) is 0. The highest BCUT2D eigenvalue weighted by atomic mass is 31.2. The Morgan fingerprint density at radius 2 is 0.771 bits per heavy atom. The minimum Gasteiger partial charge on any atom is -0.462 e. The molecule has 70 heavy (non-hydrogen) atoms. The fraction of sp³-hybridized carbons (Fsp3) is 0.633. The molecule has 0 saturated carbocycles. The van der Waals surface area contributed by atoms with Crippen LogP contribution in [0.2, 0.25) is 0 Å². The summed E-state index contributed by atoms with van der Waals surface area (Å²) >= 11 is 0. The number of ether oxygens (including phenoxy) is 2. The summed E-state index contributed by atoms with van der Waals surface area (Å²) in [6.45, 7) is 4.15. The minimum atomic E-state index is -4.40. The molecule has 0 saturated heterocycles. The maximum absolute atomic E-state index is 12.8. The molecule has 0 aliphatic rings. The van der Waals surface area contributed by atoms with Crippen molar-refractivity contribution in [3.8, 4) is 0 Å². The third-order valence-corrected chi connectivity index (χ3v) is 12.0. The Kier molecular flexibility index (Phi) is 47.8. The van der Waals surface area contributed by atoms with Crippen molar-refractivity contribution in [1.82, 2.24) is 0 Å². The van der Waals surface area contributed by atoms with Gasteiger partial charge in [0.15, 0.2) is 6.10 Å². The molecule has 0 aromatic carbocycles. The lowest BCUT2D eigenvalue weighted by Crippen LogP contribution is -2.37. The number of phosphoric acid groups is 1. The lowest BCUT2D eigenvalue weighted by Gasteiger charge is -2.24. The molecule has 2 unspecified atom stereocenters. The van der Waals surface area contributed by atoms with E-state index >= 15 is 0 Å². The van der Waals surface area contributed by atoms with Crippen LogP contribution in [0.15, 0.2) is 122 Å². The van der Waals surface area contributed by atoms with Gasteiger partial charge in [-0.15, -0.1) is 0 Å². The van der Waals surface area contributed by atoms with Gasteiger partial charge in [-0.25, -0.2) is 4.57 Å². The van der Waals surface area contributed by atoms with Crippen molar-refractivity contribution in [2.75, 3.05) is 47.5 Å². The van der Waals surface area contributed by atoms with Crippen LogP contribution in [0.1, 0.15) is 194 Å². The molecule has 2 atom stereocenters. The molecule has 10 heteroatoms. The number of unbranched alkanes of at least 4 members (excludes halogenated alkanes) is 14. The Labute approximate surface area is 428 Å². The molecule has 0 aliphatic carbocycles. The van der Waals surface area contributed by atoms with Gasteiger partial charge in [-0.2, -0.15) is 0 Å². The van der Waals surface area contributed by atoms with Gasteiger partial charge in [0.1, 0.15) is 19.8 Å². The van der Waals surface area contributed by atoms with Gasteiger partial charge in [-0.1, -0.05) is 200 Å². The predicted molar refractivity (Wildman–Crippen MR) is 297 cm³/mol. The Balaban J connectivity index is 4.22. The van der Waals surface area contributed by atoms with Crippen LogP contribution in [-0.2, 0) is 32.7 Å². The zero-order valence-electron chi connectivity index (χ0n) is 45.0. The molecule has 0 aromatic heterocycles. The summed E-state index contributed by atoms with van der Waals surface area (Å²) in [5.41, 5.74) is 0. The Morgan fingerprint density at radius 1 is 0.443 bits per heavy atom. The maximum Gasteiger partial charge on any atom is 0.472 e. The second-order valence-corrected chi connectivity index (χ2v) is 20.3. The number of likely N-dealkylation sites (N-methyl/N-ethyl adjacent to an activating group) is 1. The fourth-order valence-electron chi connectivity index (χ4n) is 6.83. The number of esters is 2. The first-order valence-corrected chi connectivity index (χ1v) is 28.8. The quantitative estimate of drug-likeness (QED) is 0.0211. The van der Waals surface area contributed by atoms with Gasteiger partial charge in [0.05, 0.1) is 27.7 Å². The number of quaternary nitrogens is 1.